The highest BCUT2D eigenvalue weighted by molar-refractivity contribution is 5.77. The smallest absolute Gasteiger partial charge is 0.188 e. The zero-order chi connectivity index (χ0) is 11.4. The molecule has 0 aliphatic carbocycles. The number of ether oxygens (including phenoxy) is 2. The molecule has 0 aromatic heterocycles. The SMILES string of the molecule is CCOCCCCN=C(N)NCCOC. The Morgan fingerprint density at radius 1 is 1.33 bits per heavy atom. The first-order chi connectivity index (χ1) is 7.31. The molecule has 90 valence electrons. The van der Waals surface area contributed by atoms with E-state index >= 15 is 0 Å². The highest BCUT2D eigenvalue weighted by atomic mass is 16.5. The quantitative estimate of drug-likeness (QED) is 0.332. The van der Waals surface area contributed by atoms with Gasteiger partial charge in [0.1, 0.15) is 0 Å². The standard InChI is InChI=1S/C10H23N3O2/c1-3-15-8-5-4-6-12-10(11)13-7-9-14-2/h3-9H2,1-2H3,(H3,11,12,13). The van der Waals surface area contributed by atoms with E-state index in [0.717, 1.165) is 32.6 Å². The molecule has 0 aromatic rings. The molecule has 5 heteroatoms. The topological polar surface area (TPSA) is 68.9 Å². The first-order valence-corrected chi connectivity index (χ1v) is 5.41. The molecule has 5 nitrogen and oxygen atoms in total. The van der Waals surface area contributed by atoms with Crippen molar-refractivity contribution in [3.8, 4) is 0 Å². The number of methoxy groups -OCH3 is 1. The van der Waals surface area contributed by atoms with Crippen molar-refractivity contribution in [1.82, 2.24) is 5.32 Å². The molecular weight excluding hydrogens is 194 g/mol. The first-order valence-electron chi connectivity index (χ1n) is 5.41. The number of nitrogens with two attached hydrogens (primary N) is 1. The van der Waals surface area contributed by atoms with Crippen molar-refractivity contribution in [1.29, 1.82) is 0 Å². The number of nitrogens with one attached hydrogen (secondary N) is 1. The molecule has 0 amide bonds. The highest BCUT2D eigenvalue weighted by Crippen LogP contribution is 1.90. The number of hydrogen-bond donors (Lipinski definition) is 2. The van der Waals surface area contributed by atoms with Gasteiger partial charge in [-0.15, -0.1) is 0 Å². The Kier molecular flexibility index (Phi) is 10.7. The Labute approximate surface area is 92.0 Å². The summed E-state index contributed by atoms with van der Waals surface area (Å²) in [7, 11) is 1.66. The van der Waals surface area contributed by atoms with Crippen LogP contribution < -0.4 is 11.1 Å². The molecule has 3 N–H and O–H groups in total. The van der Waals surface area contributed by atoms with E-state index in [1.165, 1.54) is 0 Å². The summed E-state index contributed by atoms with van der Waals surface area (Å²) in [6.07, 6.45) is 2.04. The van der Waals surface area contributed by atoms with Crippen LogP contribution in [0, 0.1) is 0 Å². The van der Waals surface area contributed by atoms with Crippen LogP contribution in [-0.4, -0.2) is 46.0 Å². The molecule has 0 aliphatic heterocycles. The van der Waals surface area contributed by atoms with E-state index < -0.39 is 0 Å². The number of rotatable bonds is 9. The fraction of sp³-hybridized carbons (Fsp3) is 0.900. The molecule has 0 saturated carbocycles. The second-order valence-electron chi connectivity index (χ2n) is 3.09. The zero-order valence-electron chi connectivity index (χ0n) is 9.79. The third-order valence-corrected chi connectivity index (χ3v) is 1.80. The lowest BCUT2D eigenvalue weighted by atomic mass is 10.3. The molecule has 0 spiro atoms. The largest absolute Gasteiger partial charge is 0.383 e. The van der Waals surface area contributed by atoms with Crippen molar-refractivity contribution in [2.24, 2.45) is 10.7 Å². The van der Waals surface area contributed by atoms with Gasteiger partial charge in [0.25, 0.3) is 0 Å². The van der Waals surface area contributed by atoms with Crippen molar-refractivity contribution >= 4 is 5.96 Å². The molecule has 0 fully saturated rings. The minimum absolute atomic E-state index is 0.489. The lowest BCUT2D eigenvalue weighted by Gasteiger charge is -2.04. The number of guanidine groups is 1. The van der Waals surface area contributed by atoms with Crippen LogP contribution in [0.25, 0.3) is 0 Å². The molecule has 0 atom stereocenters. The Morgan fingerprint density at radius 2 is 2.13 bits per heavy atom. The van der Waals surface area contributed by atoms with Gasteiger partial charge in [0.2, 0.25) is 0 Å². The summed E-state index contributed by atoms with van der Waals surface area (Å²) in [5, 5.41) is 2.96. The van der Waals surface area contributed by atoms with E-state index in [9.17, 15) is 0 Å². The van der Waals surface area contributed by atoms with E-state index in [4.69, 9.17) is 15.2 Å². The zero-order valence-corrected chi connectivity index (χ0v) is 9.79. The van der Waals surface area contributed by atoms with E-state index in [-0.39, 0.29) is 0 Å². The van der Waals surface area contributed by atoms with Crippen molar-refractivity contribution < 1.29 is 9.47 Å². The van der Waals surface area contributed by atoms with E-state index in [2.05, 4.69) is 10.3 Å². The predicted molar refractivity (Wildman–Crippen MR) is 62.1 cm³/mol. The summed E-state index contributed by atoms with van der Waals surface area (Å²) in [5.41, 5.74) is 5.61. The molecule has 15 heavy (non-hydrogen) atoms. The van der Waals surface area contributed by atoms with Crippen molar-refractivity contribution in [2.45, 2.75) is 19.8 Å². The average Bonchev–Trinajstić information content (AvgIpc) is 2.23. The summed E-state index contributed by atoms with van der Waals surface area (Å²) in [6.45, 7) is 5.67. The van der Waals surface area contributed by atoms with Crippen LogP contribution in [0.1, 0.15) is 19.8 Å². The minimum atomic E-state index is 0.489. The van der Waals surface area contributed by atoms with Crippen LogP contribution in [-0.2, 0) is 9.47 Å². The summed E-state index contributed by atoms with van der Waals surface area (Å²) in [4.78, 5) is 4.17. The van der Waals surface area contributed by atoms with Crippen molar-refractivity contribution in [3.05, 3.63) is 0 Å². The predicted octanol–water partition coefficient (Wildman–Crippen LogP) is 0.354. The van der Waals surface area contributed by atoms with Crippen molar-refractivity contribution in [3.63, 3.8) is 0 Å². The van der Waals surface area contributed by atoms with Crippen LogP contribution in [0.3, 0.4) is 0 Å². The van der Waals surface area contributed by atoms with Crippen LogP contribution in [0.5, 0.6) is 0 Å². The van der Waals surface area contributed by atoms with E-state index in [1.54, 1.807) is 7.11 Å². The molecule has 0 unspecified atom stereocenters. The summed E-state index contributed by atoms with van der Waals surface area (Å²) in [5.74, 6) is 0.489. The Hall–Kier alpha value is -0.810. The van der Waals surface area contributed by atoms with Gasteiger partial charge in [0, 0.05) is 33.4 Å². The van der Waals surface area contributed by atoms with Gasteiger partial charge in [-0.25, -0.2) is 0 Å². The number of hydrogen-bond acceptors (Lipinski definition) is 3. The molecule has 0 heterocycles. The number of unbranched alkanes of at least 4 members (excludes halogenated alkanes) is 1. The lowest BCUT2D eigenvalue weighted by Crippen LogP contribution is -2.34. The molecule has 0 rings (SSSR count). The number of nitrogens with zero attached hydrogens (tertiary/aromatic N) is 1. The van der Waals surface area contributed by atoms with Gasteiger partial charge in [0.05, 0.1) is 6.61 Å². The molecule has 0 saturated heterocycles. The molecule has 0 radical (unpaired) electrons. The van der Waals surface area contributed by atoms with Gasteiger partial charge in [0.15, 0.2) is 5.96 Å². The van der Waals surface area contributed by atoms with Crippen LogP contribution in [0.15, 0.2) is 4.99 Å². The van der Waals surface area contributed by atoms with Gasteiger partial charge in [-0.2, -0.15) is 0 Å². The minimum Gasteiger partial charge on any atom is -0.383 e. The highest BCUT2D eigenvalue weighted by Gasteiger charge is 1.91. The fourth-order valence-corrected chi connectivity index (χ4v) is 0.997. The first kappa shape index (κ1) is 14.2. The Balaban J connectivity index is 3.25. The van der Waals surface area contributed by atoms with E-state index in [0.29, 0.717) is 19.1 Å². The summed E-state index contributed by atoms with van der Waals surface area (Å²) < 4.78 is 10.1. The second-order valence-corrected chi connectivity index (χ2v) is 3.09. The maximum absolute atomic E-state index is 5.61. The molecular formula is C10H23N3O2. The van der Waals surface area contributed by atoms with Gasteiger partial charge < -0.3 is 20.5 Å². The third kappa shape index (κ3) is 11.1. The maximum atomic E-state index is 5.61. The normalized spacial score (nSPS) is 11.7. The number of aliphatic imine (C=N–C) groups is 1. The van der Waals surface area contributed by atoms with Gasteiger partial charge in [-0.3, -0.25) is 4.99 Å². The van der Waals surface area contributed by atoms with Crippen molar-refractivity contribution in [2.75, 3.05) is 40.0 Å². The monoisotopic (exact) mass is 217 g/mol. The fourth-order valence-electron chi connectivity index (χ4n) is 0.997. The van der Waals surface area contributed by atoms with Crippen LogP contribution >= 0.6 is 0 Å². The van der Waals surface area contributed by atoms with Crippen LogP contribution in [0.2, 0.25) is 0 Å². The Bertz CT molecular complexity index is 163. The molecule has 0 bridgehead atoms. The second kappa shape index (κ2) is 11.3. The summed E-state index contributed by atoms with van der Waals surface area (Å²) >= 11 is 0. The maximum Gasteiger partial charge on any atom is 0.188 e. The van der Waals surface area contributed by atoms with Gasteiger partial charge in [-0.05, 0) is 19.8 Å². The van der Waals surface area contributed by atoms with Gasteiger partial charge >= 0.3 is 0 Å². The third-order valence-electron chi connectivity index (χ3n) is 1.80. The van der Waals surface area contributed by atoms with Gasteiger partial charge in [-0.1, -0.05) is 0 Å². The van der Waals surface area contributed by atoms with E-state index in [1.807, 2.05) is 6.92 Å². The Morgan fingerprint density at radius 3 is 2.80 bits per heavy atom. The molecule has 0 aliphatic rings. The summed E-state index contributed by atoms with van der Waals surface area (Å²) in [6, 6.07) is 0. The average molecular weight is 217 g/mol. The van der Waals surface area contributed by atoms with Crippen LogP contribution in [0.4, 0.5) is 0 Å². The lowest BCUT2D eigenvalue weighted by molar-refractivity contribution is 0.144. The molecule has 0 aromatic carbocycles.